The Hall–Kier alpha value is -1.09. The molecule has 1 aromatic carbocycles. The van der Waals surface area contributed by atoms with Crippen molar-refractivity contribution in [3.8, 4) is 0 Å². The minimum atomic E-state index is -0.344. The van der Waals surface area contributed by atoms with Crippen molar-refractivity contribution in [2.24, 2.45) is 0 Å². The van der Waals surface area contributed by atoms with E-state index in [-0.39, 0.29) is 23.5 Å². The predicted molar refractivity (Wildman–Crippen MR) is 63.0 cm³/mol. The number of hydrogen-bond acceptors (Lipinski definition) is 1. The normalized spacial score (nSPS) is 12.2. The fourth-order valence-electron chi connectivity index (χ4n) is 1.29. The number of hydrogen-bond donors (Lipinski definition) is 1. The molecule has 4 heteroatoms. The maximum atomic E-state index is 13.2. The van der Waals surface area contributed by atoms with Gasteiger partial charge in [-0.2, -0.15) is 0 Å². The molecule has 0 aliphatic heterocycles. The van der Waals surface area contributed by atoms with Crippen molar-refractivity contribution >= 4 is 17.5 Å². The van der Waals surface area contributed by atoms with Crippen LogP contribution < -0.4 is 5.32 Å². The molecule has 0 aliphatic rings. The van der Waals surface area contributed by atoms with Crippen molar-refractivity contribution in [2.45, 2.75) is 25.1 Å². The van der Waals surface area contributed by atoms with Gasteiger partial charge in [-0.05, 0) is 25.0 Å². The number of benzene rings is 1. The molecule has 0 radical (unpaired) electrons. The first-order chi connectivity index (χ1) is 7.59. The molecule has 16 heavy (non-hydrogen) atoms. The van der Waals surface area contributed by atoms with E-state index >= 15 is 0 Å². The van der Waals surface area contributed by atoms with E-state index in [0.29, 0.717) is 18.5 Å². The minimum Gasteiger partial charge on any atom is -0.356 e. The Kier molecular flexibility index (Phi) is 5.26. The highest BCUT2D eigenvalue weighted by Crippen LogP contribution is 2.06. The average Bonchev–Trinajstić information content (AvgIpc) is 2.21. The average molecular weight is 244 g/mol. The van der Waals surface area contributed by atoms with Crippen LogP contribution in [0.1, 0.15) is 18.9 Å². The summed E-state index contributed by atoms with van der Waals surface area (Å²) in [6.07, 6.45) is 0.786. The van der Waals surface area contributed by atoms with E-state index in [2.05, 4.69) is 5.32 Å². The third-order valence-corrected chi connectivity index (χ3v) is 2.39. The van der Waals surface area contributed by atoms with E-state index in [1.807, 2.05) is 6.92 Å². The molecule has 0 heterocycles. The molecule has 1 N–H and O–H groups in total. The number of alkyl halides is 1. The van der Waals surface area contributed by atoms with Crippen molar-refractivity contribution in [1.82, 2.24) is 5.32 Å². The van der Waals surface area contributed by atoms with E-state index in [4.69, 9.17) is 11.6 Å². The van der Waals surface area contributed by atoms with Gasteiger partial charge in [-0.15, -0.1) is 11.6 Å². The van der Waals surface area contributed by atoms with Crippen LogP contribution in [0.3, 0.4) is 0 Å². The lowest BCUT2D eigenvalue weighted by Crippen LogP contribution is -2.27. The monoisotopic (exact) mass is 243 g/mol. The first-order valence-corrected chi connectivity index (χ1v) is 5.67. The Labute approximate surface area is 99.8 Å². The number of nitrogens with one attached hydrogen (secondary N) is 1. The summed E-state index contributed by atoms with van der Waals surface area (Å²) >= 11 is 5.74. The Balaban J connectivity index is 2.37. The quantitative estimate of drug-likeness (QED) is 0.791. The van der Waals surface area contributed by atoms with Gasteiger partial charge in [-0.3, -0.25) is 4.79 Å². The highest BCUT2D eigenvalue weighted by atomic mass is 35.5. The summed E-state index contributed by atoms with van der Waals surface area (Å²) in [5.41, 5.74) is 0.416. The Morgan fingerprint density at radius 1 is 1.50 bits per heavy atom. The molecule has 1 unspecified atom stereocenters. The number of halogens is 2. The van der Waals surface area contributed by atoms with Crippen LogP contribution in [0.15, 0.2) is 24.3 Å². The van der Waals surface area contributed by atoms with Crippen LogP contribution in [0.5, 0.6) is 0 Å². The third kappa shape index (κ3) is 4.62. The molecular weight excluding hydrogens is 229 g/mol. The maximum absolute atomic E-state index is 13.2. The van der Waals surface area contributed by atoms with Gasteiger partial charge in [0.15, 0.2) is 0 Å². The molecule has 2 nitrogen and oxygen atoms in total. The molecular formula is C12H15ClFNO. The van der Waals surface area contributed by atoms with E-state index in [9.17, 15) is 9.18 Å². The Bertz CT molecular complexity index is 355. The second-order valence-electron chi connectivity index (χ2n) is 3.69. The molecule has 1 amide bonds. The zero-order valence-electron chi connectivity index (χ0n) is 9.17. The fraction of sp³-hybridized carbons (Fsp3) is 0.417. The summed E-state index contributed by atoms with van der Waals surface area (Å²) in [7, 11) is 0. The van der Waals surface area contributed by atoms with Gasteiger partial charge < -0.3 is 5.32 Å². The molecule has 88 valence electrons. The summed E-state index contributed by atoms with van der Waals surface area (Å²) in [4.78, 5) is 11.4. The van der Waals surface area contributed by atoms with Crippen molar-refractivity contribution < 1.29 is 9.18 Å². The van der Waals surface area contributed by atoms with E-state index < -0.39 is 0 Å². The van der Waals surface area contributed by atoms with Crippen LogP contribution >= 0.6 is 11.6 Å². The number of amides is 1. The Morgan fingerprint density at radius 2 is 2.19 bits per heavy atom. The molecule has 1 atom stereocenters. The standard InChI is InChI=1S/C12H15ClFNO/c1-9(13)6-7-15-12(16)8-10-4-2-3-5-11(10)14/h2-5,9H,6-8H2,1H3,(H,15,16). The van der Waals surface area contributed by atoms with E-state index in [0.717, 1.165) is 0 Å². The summed E-state index contributed by atoms with van der Waals surface area (Å²) in [6, 6.07) is 6.28. The van der Waals surface area contributed by atoms with Crippen LogP contribution in [0.2, 0.25) is 0 Å². The number of carbonyl (C=O) groups is 1. The summed E-state index contributed by atoms with van der Waals surface area (Å²) in [5, 5.41) is 2.74. The van der Waals surface area contributed by atoms with Gasteiger partial charge in [-0.25, -0.2) is 4.39 Å². The second-order valence-corrected chi connectivity index (χ2v) is 4.43. The highest BCUT2D eigenvalue weighted by Gasteiger charge is 2.07. The maximum Gasteiger partial charge on any atom is 0.224 e. The van der Waals surface area contributed by atoms with Crippen LogP contribution in [-0.4, -0.2) is 17.8 Å². The number of carbonyl (C=O) groups excluding carboxylic acids is 1. The molecule has 0 spiro atoms. The van der Waals surface area contributed by atoms with Crippen molar-refractivity contribution in [2.75, 3.05) is 6.54 Å². The summed E-state index contributed by atoms with van der Waals surface area (Å²) < 4.78 is 13.2. The van der Waals surface area contributed by atoms with Crippen LogP contribution in [-0.2, 0) is 11.2 Å². The van der Waals surface area contributed by atoms with Crippen LogP contribution in [0.25, 0.3) is 0 Å². The highest BCUT2D eigenvalue weighted by molar-refractivity contribution is 6.20. The van der Waals surface area contributed by atoms with Gasteiger partial charge in [0, 0.05) is 11.9 Å². The summed E-state index contributed by atoms with van der Waals surface area (Å²) in [5.74, 6) is -0.522. The van der Waals surface area contributed by atoms with Gasteiger partial charge in [0.05, 0.1) is 6.42 Å². The van der Waals surface area contributed by atoms with Crippen molar-refractivity contribution in [3.63, 3.8) is 0 Å². The van der Waals surface area contributed by atoms with Crippen LogP contribution in [0.4, 0.5) is 4.39 Å². The lowest BCUT2D eigenvalue weighted by atomic mass is 10.1. The minimum absolute atomic E-state index is 0.0359. The van der Waals surface area contributed by atoms with Gasteiger partial charge >= 0.3 is 0 Å². The predicted octanol–water partition coefficient (Wildman–Crippen LogP) is 2.50. The molecule has 0 bridgehead atoms. The molecule has 0 fully saturated rings. The van der Waals surface area contributed by atoms with Crippen molar-refractivity contribution in [3.05, 3.63) is 35.6 Å². The second kappa shape index (κ2) is 6.48. The topological polar surface area (TPSA) is 29.1 Å². The first kappa shape index (κ1) is 13.0. The molecule has 0 aliphatic carbocycles. The summed E-state index contributed by atoms with van der Waals surface area (Å²) in [6.45, 7) is 2.39. The smallest absolute Gasteiger partial charge is 0.224 e. The lowest BCUT2D eigenvalue weighted by Gasteiger charge is -2.06. The molecule has 0 saturated heterocycles. The van der Waals surface area contributed by atoms with Gasteiger partial charge in [0.2, 0.25) is 5.91 Å². The van der Waals surface area contributed by atoms with Crippen LogP contribution in [0, 0.1) is 5.82 Å². The van der Waals surface area contributed by atoms with Gasteiger partial charge in [-0.1, -0.05) is 18.2 Å². The largest absolute Gasteiger partial charge is 0.356 e. The molecule has 1 rings (SSSR count). The third-order valence-electron chi connectivity index (χ3n) is 2.17. The molecule has 0 aromatic heterocycles. The van der Waals surface area contributed by atoms with E-state index in [1.54, 1.807) is 18.2 Å². The van der Waals surface area contributed by atoms with E-state index in [1.165, 1.54) is 6.07 Å². The lowest BCUT2D eigenvalue weighted by molar-refractivity contribution is -0.120. The first-order valence-electron chi connectivity index (χ1n) is 5.23. The molecule has 0 saturated carbocycles. The SMILES string of the molecule is CC(Cl)CCNC(=O)Cc1ccccc1F. The molecule has 1 aromatic rings. The zero-order chi connectivity index (χ0) is 12.0. The van der Waals surface area contributed by atoms with Gasteiger partial charge in [0.1, 0.15) is 5.82 Å². The number of rotatable bonds is 5. The Morgan fingerprint density at radius 3 is 2.81 bits per heavy atom. The van der Waals surface area contributed by atoms with Gasteiger partial charge in [0.25, 0.3) is 0 Å². The zero-order valence-corrected chi connectivity index (χ0v) is 9.93. The fourth-order valence-corrected chi connectivity index (χ4v) is 1.40. The van der Waals surface area contributed by atoms with Crippen molar-refractivity contribution in [1.29, 1.82) is 0 Å².